The summed E-state index contributed by atoms with van der Waals surface area (Å²) in [6.45, 7) is 9.99. The quantitative estimate of drug-likeness (QED) is 0.191. The Labute approximate surface area is 308 Å². The number of nitrogens with zero attached hydrogens (tertiary/aromatic N) is 2. The van der Waals surface area contributed by atoms with Crippen molar-refractivity contribution in [2.75, 3.05) is 82.6 Å². The summed E-state index contributed by atoms with van der Waals surface area (Å²) in [4.78, 5) is 57.6. The van der Waals surface area contributed by atoms with Crippen molar-refractivity contribution in [3.8, 4) is 0 Å². The molecule has 1 aliphatic carbocycles. The SMILES string of the molecule is CC(C)(C)OC(=O)NCCOCCOCCOCC(=O)N1CCN(c2cccc3c2CCC3c2cc[nH]c(=O)c2C(=O)Nc2ccc(Cl)cc2)CC1. The minimum absolute atomic E-state index is 0.0112. The highest BCUT2D eigenvalue weighted by Gasteiger charge is 2.32. The molecule has 0 bridgehead atoms. The molecule has 13 nitrogen and oxygen atoms in total. The lowest BCUT2D eigenvalue weighted by Crippen LogP contribution is -2.50. The molecule has 0 radical (unpaired) electrons. The van der Waals surface area contributed by atoms with Gasteiger partial charge < -0.3 is 44.4 Å². The molecular formula is C38H48ClN5O8. The number of hydrogen-bond acceptors (Lipinski definition) is 9. The molecule has 3 amide bonds. The summed E-state index contributed by atoms with van der Waals surface area (Å²) in [5, 5.41) is 6.02. The highest BCUT2D eigenvalue weighted by molar-refractivity contribution is 6.30. The maximum absolute atomic E-state index is 13.4. The molecule has 1 atom stereocenters. The highest BCUT2D eigenvalue weighted by atomic mass is 35.5. The number of carbonyl (C=O) groups is 3. The molecular weight excluding hydrogens is 690 g/mol. The summed E-state index contributed by atoms with van der Waals surface area (Å²) in [5.74, 6) is -0.626. The van der Waals surface area contributed by atoms with E-state index in [9.17, 15) is 19.2 Å². The van der Waals surface area contributed by atoms with Gasteiger partial charge in [-0.25, -0.2) is 4.79 Å². The summed E-state index contributed by atoms with van der Waals surface area (Å²) < 4.78 is 21.7. The van der Waals surface area contributed by atoms with Crippen LogP contribution in [0.1, 0.15) is 60.2 Å². The van der Waals surface area contributed by atoms with E-state index in [2.05, 4.69) is 32.7 Å². The number of anilines is 2. The van der Waals surface area contributed by atoms with E-state index in [1.54, 1.807) is 51.2 Å². The van der Waals surface area contributed by atoms with Crippen molar-refractivity contribution < 1.29 is 33.3 Å². The standard InChI is InChI=1S/C38H48ClN5O8/c1-38(2,3)52-37(48)41-15-20-49-21-22-50-23-24-51-25-33(45)44-18-16-43(17-19-44)32-6-4-5-28-29(11-12-30(28)32)31-13-14-40-35(46)34(31)36(47)42-27-9-7-26(39)8-10-27/h4-10,13-14,29H,11-12,15-25H2,1-3H3,(H,40,46)(H,41,48)(H,42,47). The number of nitrogens with one attached hydrogen (secondary N) is 3. The van der Waals surface area contributed by atoms with E-state index < -0.39 is 23.2 Å². The second kappa shape index (κ2) is 18.4. The van der Waals surface area contributed by atoms with Gasteiger partial charge in [-0.3, -0.25) is 14.4 Å². The largest absolute Gasteiger partial charge is 0.444 e. The summed E-state index contributed by atoms with van der Waals surface area (Å²) in [7, 11) is 0. The molecule has 1 fully saturated rings. The Hall–Kier alpha value is -4.43. The van der Waals surface area contributed by atoms with Crippen molar-refractivity contribution in [1.29, 1.82) is 0 Å². The third-order valence-corrected chi connectivity index (χ3v) is 9.05. The molecule has 14 heteroatoms. The number of ether oxygens (including phenoxy) is 4. The predicted molar refractivity (Wildman–Crippen MR) is 199 cm³/mol. The van der Waals surface area contributed by atoms with Crippen LogP contribution in [-0.4, -0.2) is 106 Å². The third kappa shape index (κ3) is 10.8. The number of aromatic nitrogens is 1. The number of fused-ring (bicyclic) bond motifs is 1. The van der Waals surface area contributed by atoms with Crippen LogP contribution in [0, 0.1) is 0 Å². The van der Waals surface area contributed by atoms with E-state index in [-0.39, 0.29) is 24.0 Å². The molecule has 0 spiro atoms. The maximum Gasteiger partial charge on any atom is 0.407 e. The fraction of sp³-hybridized carbons (Fsp3) is 0.474. The second-order valence-electron chi connectivity index (χ2n) is 13.6. The average Bonchev–Trinajstić information content (AvgIpc) is 3.55. The first-order valence-electron chi connectivity index (χ1n) is 17.6. The Morgan fingerprint density at radius 3 is 2.29 bits per heavy atom. The smallest absolute Gasteiger partial charge is 0.407 e. The van der Waals surface area contributed by atoms with Crippen molar-refractivity contribution in [2.24, 2.45) is 0 Å². The van der Waals surface area contributed by atoms with E-state index in [4.69, 9.17) is 30.5 Å². The number of hydrogen-bond donors (Lipinski definition) is 3. The monoisotopic (exact) mass is 737 g/mol. The number of pyridine rings is 1. The molecule has 1 saturated heterocycles. The molecule has 2 heterocycles. The van der Waals surface area contributed by atoms with Gasteiger partial charge in [0.2, 0.25) is 5.91 Å². The minimum Gasteiger partial charge on any atom is -0.444 e. The van der Waals surface area contributed by atoms with Crippen molar-refractivity contribution in [2.45, 2.75) is 45.1 Å². The Balaban J connectivity index is 1.04. The molecule has 1 aromatic heterocycles. The van der Waals surface area contributed by atoms with Crippen LogP contribution < -0.4 is 21.1 Å². The predicted octanol–water partition coefficient (Wildman–Crippen LogP) is 4.58. The van der Waals surface area contributed by atoms with Gasteiger partial charge in [-0.15, -0.1) is 0 Å². The summed E-state index contributed by atoms with van der Waals surface area (Å²) in [5.41, 5.74) is 3.83. The number of piperazine rings is 1. The first kappa shape index (κ1) is 38.8. The molecule has 52 heavy (non-hydrogen) atoms. The molecule has 3 N–H and O–H groups in total. The molecule has 0 saturated carbocycles. The van der Waals surface area contributed by atoms with Crippen LogP contribution in [0.15, 0.2) is 59.5 Å². The molecule has 280 valence electrons. The van der Waals surface area contributed by atoms with E-state index >= 15 is 0 Å². The first-order chi connectivity index (χ1) is 25.0. The van der Waals surface area contributed by atoms with Crippen LogP contribution in [0.2, 0.25) is 5.02 Å². The van der Waals surface area contributed by atoms with E-state index in [0.717, 1.165) is 24.1 Å². The molecule has 5 rings (SSSR count). The van der Waals surface area contributed by atoms with Crippen molar-refractivity contribution in [3.05, 3.63) is 92.4 Å². The van der Waals surface area contributed by atoms with Gasteiger partial charge in [0.05, 0.1) is 33.0 Å². The number of halogens is 1. The van der Waals surface area contributed by atoms with E-state index in [0.29, 0.717) is 82.0 Å². The third-order valence-electron chi connectivity index (χ3n) is 8.80. The zero-order valence-corrected chi connectivity index (χ0v) is 30.8. The lowest BCUT2D eigenvalue weighted by atomic mass is 9.89. The Kier molecular flexibility index (Phi) is 13.7. The molecule has 1 aliphatic heterocycles. The number of rotatable bonds is 15. The zero-order valence-electron chi connectivity index (χ0n) is 30.0. The first-order valence-corrected chi connectivity index (χ1v) is 18.0. The van der Waals surface area contributed by atoms with Crippen LogP contribution in [0.4, 0.5) is 16.2 Å². The Morgan fingerprint density at radius 1 is 0.885 bits per heavy atom. The summed E-state index contributed by atoms with van der Waals surface area (Å²) in [6, 6.07) is 14.8. The fourth-order valence-corrected chi connectivity index (χ4v) is 6.55. The number of benzene rings is 2. The molecule has 1 unspecified atom stereocenters. The molecule has 2 aliphatic rings. The van der Waals surface area contributed by atoms with Gasteiger partial charge in [-0.05, 0) is 86.7 Å². The van der Waals surface area contributed by atoms with E-state index in [1.807, 2.05) is 17.0 Å². The number of H-pyrrole nitrogens is 1. The van der Waals surface area contributed by atoms with Gasteiger partial charge in [0, 0.05) is 61.2 Å². The van der Waals surface area contributed by atoms with Gasteiger partial charge in [0.15, 0.2) is 0 Å². The van der Waals surface area contributed by atoms with Gasteiger partial charge in [0.25, 0.3) is 11.5 Å². The number of amides is 3. The topological polar surface area (TPSA) is 152 Å². The van der Waals surface area contributed by atoms with Crippen LogP contribution in [0.5, 0.6) is 0 Å². The van der Waals surface area contributed by atoms with Crippen LogP contribution in [0.3, 0.4) is 0 Å². The fourth-order valence-electron chi connectivity index (χ4n) is 6.43. The van der Waals surface area contributed by atoms with Crippen LogP contribution in [-0.2, 0) is 30.2 Å². The second-order valence-corrected chi connectivity index (χ2v) is 14.0. The Bertz CT molecular complexity index is 1730. The molecule has 3 aromatic rings. The minimum atomic E-state index is -0.542. The average molecular weight is 738 g/mol. The maximum atomic E-state index is 13.4. The summed E-state index contributed by atoms with van der Waals surface area (Å²) in [6.07, 6.45) is 2.71. The lowest BCUT2D eigenvalue weighted by molar-refractivity contribution is -0.137. The number of carbonyl (C=O) groups excluding carboxylic acids is 3. The van der Waals surface area contributed by atoms with Gasteiger partial charge in [0.1, 0.15) is 17.8 Å². The van der Waals surface area contributed by atoms with Crippen molar-refractivity contribution in [3.63, 3.8) is 0 Å². The lowest BCUT2D eigenvalue weighted by Gasteiger charge is -2.37. The van der Waals surface area contributed by atoms with Crippen molar-refractivity contribution >= 4 is 40.9 Å². The van der Waals surface area contributed by atoms with Crippen molar-refractivity contribution in [1.82, 2.24) is 15.2 Å². The molecule has 2 aromatic carbocycles. The number of aromatic amines is 1. The van der Waals surface area contributed by atoms with Gasteiger partial charge in [-0.1, -0.05) is 23.7 Å². The highest BCUT2D eigenvalue weighted by Crippen LogP contribution is 2.43. The van der Waals surface area contributed by atoms with Crippen LogP contribution >= 0.6 is 11.6 Å². The number of alkyl carbamates (subject to hydrolysis) is 1. The van der Waals surface area contributed by atoms with Gasteiger partial charge in [-0.2, -0.15) is 0 Å². The Morgan fingerprint density at radius 2 is 1.58 bits per heavy atom. The summed E-state index contributed by atoms with van der Waals surface area (Å²) >= 11 is 5.99. The van der Waals surface area contributed by atoms with Crippen LogP contribution in [0.25, 0.3) is 0 Å². The zero-order chi connectivity index (χ0) is 37.1. The van der Waals surface area contributed by atoms with Gasteiger partial charge >= 0.3 is 6.09 Å². The normalized spacial score (nSPS) is 15.7. The van der Waals surface area contributed by atoms with E-state index in [1.165, 1.54) is 5.56 Å².